The lowest BCUT2D eigenvalue weighted by molar-refractivity contribution is 0.0323. The topological polar surface area (TPSA) is 66.5 Å². The van der Waals surface area contributed by atoms with Gasteiger partial charge in [0.05, 0.1) is 12.0 Å². The van der Waals surface area contributed by atoms with Gasteiger partial charge in [-0.3, -0.25) is 0 Å². The predicted molar refractivity (Wildman–Crippen MR) is 62.0 cm³/mol. The molecule has 0 spiro atoms. The van der Waals surface area contributed by atoms with Gasteiger partial charge in [0, 0.05) is 5.69 Å². The molecule has 3 nitrogen and oxygen atoms in total. The lowest BCUT2D eigenvalue weighted by atomic mass is 9.97. The first-order valence-electron chi connectivity index (χ1n) is 4.76. The lowest BCUT2D eigenvalue weighted by Crippen LogP contribution is -2.20. The van der Waals surface area contributed by atoms with Crippen molar-refractivity contribution in [1.29, 1.82) is 0 Å². The van der Waals surface area contributed by atoms with E-state index in [0.29, 0.717) is 11.3 Å². The molecule has 0 saturated heterocycles. The minimum Gasteiger partial charge on any atom is -0.399 e. The van der Waals surface area contributed by atoms with Crippen LogP contribution in [0.25, 0.3) is 0 Å². The van der Waals surface area contributed by atoms with E-state index in [1.165, 1.54) is 0 Å². The van der Waals surface area contributed by atoms with Crippen LogP contribution in [0.2, 0.25) is 0 Å². The molecule has 15 heavy (non-hydrogen) atoms. The van der Waals surface area contributed by atoms with Crippen molar-refractivity contribution in [2.45, 2.75) is 26.1 Å². The summed E-state index contributed by atoms with van der Waals surface area (Å²) in [6.07, 6.45) is -1.91. The Hall–Kier alpha value is -0.770. The molecule has 4 N–H and O–H groups in total. The maximum absolute atomic E-state index is 9.81. The summed E-state index contributed by atoms with van der Waals surface area (Å²) in [4.78, 5) is 0. The predicted octanol–water partition coefficient (Wildman–Crippen LogP) is 1.52. The maximum Gasteiger partial charge on any atom is 0.106 e. The molecule has 0 saturated carbocycles. The summed E-state index contributed by atoms with van der Waals surface area (Å²) in [5, 5.41) is 19.3. The van der Waals surface area contributed by atoms with E-state index in [9.17, 15) is 10.2 Å². The van der Waals surface area contributed by atoms with Gasteiger partial charge in [-0.2, -0.15) is 0 Å². The molecule has 4 heteroatoms. The third kappa shape index (κ3) is 2.62. The largest absolute Gasteiger partial charge is 0.399 e. The van der Waals surface area contributed by atoms with Crippen molar-refractivity contribution >= 4 is 17.3 Å². The van der Waals surface area contributed by atoms with Crippen LogP contribution in [0.4, 0.5) is 5.69 Å². The fourth-order valence-corrected chi connectivity index (χ4v) is 1.64. The smallest absolute Gasteiger partial charge is 0.106 e. The van der Waals surface area contributed by atoms with Gasteiger partial charge in [-0.05, 0) is 36.6 Å². The number of aryl methyl sites for hydroxylation is 2. The van der Waals surface area contributed by atoms with E-state index >= 15 is 0 Å². The van der Waals surface area contributed by atoms with E-state index in [2.05, 4.69) is 0 Å². The zero-order valence-corrected chi connectivity index (χ0v) is 9.62. The van der Waals surface area contributed by atoms with Crippen molar-refractivity contribution in [3.8, 4) is 0 Å². The van der Waals surface area contributed by atoms with Gasteiger partial charge in [-0.25, -0.2) is 0 Å². The molecule has 0 aliphatic rings. The Kier molecular flexibility index (Phi) is 3.97. The molecule has 0 aliphatic heterocycles. The van der Waals surface area contributed by atoms with Crippen LogP contribution in [-0.2, 0) is 0 Å². The highest BCUT2D eigenvalue weighted by atomic mass is 35.5. The van der Waals surface area contributed by atoms with Crippen LogP contribution in [0.3, 0.4) is 0 Å². The summed E-state index contributed by atoms with van der Waals surface area (Å²) in [6.45, 7) is 3.70. The molecule has 0 heterocycles. The van der Waals surface area contributed by atoms with Crippen molar-refractivity contribution in [2.24, 2.45) is 0 Å². The number of rotatable bonds is 3. The molecule has 0 amide bonds. The number of alkyl halides is 1. The molecular formula is C11H16ClNO2. The Labute approximate surface area is 94.5 Å². The number of hydrogen-bond donors (Lipinski definition) is 3. The molecule has 0 aromatic heterocycles. The zero-order valence-electron chi connectivity index (χ0n) is 8.87. The molecule has 2 unspecified atom stereocenters. The first-order chi connectivity index (χ1) is 6.97. The molecule has 1 rings (SSSR count). The lowest BCUT2D eigenvalue weighted by Gasteiger charge is -2.19. The summed E-state index contributed by atoms with van der Waals surface area (Å²) >= 11 is 5.49. The summed E-state index contributed by atoms with van der Waals surface area (Å²) in [6, 6.07) is 3.57. The fourth-order valence-electron chi connectivity index (χ4n) is 1.47. The number of nitrogens with two attached hydrogens (primary N) is 1. The summed E-state index contributed by atoms with van der Waals surface area (Å²) in [7, 11) is 0. The van der Waals surface area contributed by atoms with E-state index < -0.39 is 12.2 Å². The van der Waals surface area contributed by atoms with Crippen molar-refractivity contribution < 1.29 is 10.2 Å². The highest BCUT2D eigenvalue weighted by Gasteiger charge is 2.19. The van der Waals surface area contributed by atoms with Gasteiger partial charge in [0.15, 0.2) is 0 Å². The van der Waals surface area contributed by atoms with Crippen LogP contribution < -0.4 is 5.73 Å². The number of aliphatic hydroxyl groups is 2. The SMILES string of the molecule is Cc1cc(C(O)C(O)CCl)c(C)cc1N. The van der Waals surface area contributed by atoms with Gasteiger partial charge in [0.1, 0.15) is 6.10 Å². The highest BCUT2D eigenvalue weighted by molar-refractivity contribution is 6.18. The Morgan fingerprint density at radius 1 is 1.27 bits per heavy atom. The van der Waals surface area contributed by atoms with Crippen LogP contribution in [0.1, 0.15) is 22.8 Å². The van der Waals surface area contributed by atoms with Crippen molar-refractivity contribution in [3.05, 3.63) is 28.8 Å². The van der Waals surface area contributed by atoms with Gasteiger partial charge in [0.2, 0.25) is 0 Å². The average molecular weight is 230 g/mol. The molecule has 0 fully saturated rings. The minimum absolute atomic E-state index is 0.00400. The molecule has 0 bridgehead atoms. The molecule has 0 aliphatic carbocycles. The van der Waals surface area contributed by atoms with Crippen molar-refractivity contribution in [1.82, 2.24) is 0 Å². The Balaban J connectivity index is 3.09. The molecule has 0 radical (unpaired) electrons. The third-order valence-electron chi connectivity index (χ3n) is 2.50. The monoisotopic (exact) mass is 229 g/mol. The van der Waals surface area contributed by atoms with Crippen LogP contribution in [0.5, 0.6) is 0 Å². The molecule has 1 aromatic carbocycles. The van der Waals surface area contributed by atoms with E-state index in [0.717, 1.165) is 11.1 Å². The van der Waals surface area contributed by atoms with Crippen LogP contribution >= 0.6 is 11.6 Å². The minimum atomic E-state index is -0.957. The third-order valence-corrected chi connectivity index (χ3v) is 2.81. The number of hydrogen-bond acceptors (Lipinski definition) is 3. The Morgan fingerprint density at radius 3 is 2.40 bits per heavy atom. The quantitative estimate of drug-likeness (QED) is 0.544. The summed E-state index contributed by atoms with van der Waals surface area (Å²) < 4.78 is 0. The molecule has 2 atom stereocenters. The van der Waals surface area contributed by atoms with E-state index in [4.69, 9.17) is 17.3 Å². The second-order valence-electron chi connectivity index (χ2n) is 3.73. The number of halogens is 1. The molecule has 1 aromatic rings. The summed E-state index contributed by atoms with van der Waals surface area (Å²) in [5.41, 5.74) is 8.83. The van der Waals surface area contributed by atoms with Gasteiger partial charge in [0.25, 0.3) is 0 Å². The number of aliphatic hydroxyl groups excluding tert-OH is 2. The number of nitrogen functional groups attached to an aromatic ring is 1. The molecular weight excluding hydrogens is 214 g/mol. The Bertz CT molecular complexity index is 355. The van der Waals surface area contributed by atoms with E-state index in [1.807, 2.05) is 13.8 Å². The van der Waals surface area contributed by atoms with Crippen LogP contribution in [0.15, 0.2) is 12.1 Å². The average Bonchev–Trinajstić information content (AvgIpc) is 2.21. The first kappa shape index (κ1) is 12.3. The van der Waals surface area contributed by atoms with E-state index in [-0.39, 0.29) is 5.88 Å². The van der Waals surface area contributed by atoms with E-state index in [1.54, 1.807) is 12.1 Å². The number of anilines is 1. The molecule has 84 valence electrons. The zero-order chi connectivity index (χ0) is 11.6. The van der Waals surface area contributed by atoms with Crippen molar-refractivity contribution in [2.75, 3.05) is 11.6 Å². The standard InChI is InChI=1S/C11H16ClNO2/c1-6-4-9(13)7(2)3-8(6)11(15)10(14)5-12/h3-4,10-11,14-15H,5,13H2,1-2H3. The first-order valence-corrected chi connectivity index (χ1v) is 5.29. The van der Waals surface area contributed by atoms with Gasteiger partial charge in [-0.1, -0.05) is 6.07 Å². The van der Waals surface area contributed by atoms with Gasteiger partial charge in [-0.15, -0.1) is 11.6 Å². The van der Waals surface area contributed by atoms with Crippen LogP contribution in [-0.4, -0.2) is 22.2 Å². The Morgan fingerprint density at radius 2 is 1.87 bits per heavy atom. The second kappa shape index (κ2) is 4.84. The van der Waals surface area contributed by atoms with Gasteiger partial charge >= 0.3 is 0 Å². The maximum atomic E-state index is 9.81. The van der Waals surface area contributed by atoms with Gasteiger partial charge < -0.3 is 15.9 Å². The normalized spacial score (nSPS) is 15.0. The second-order valence-corrected chi connectivity index (χ2v) is 4.04. The van der Waals surface area contributed by atoms with Crippen LogP contribution in [0, 0.1) is 13.8 Å². The fraction of sp³-hybridized carbons (Fsp3) is 0.455. The highest BCUT2D eigenvalue weighted by Crippen LogP contribution is 2.25. The van der Waals surface area contributed by atoms with Crippen molar-refractivity contribution in [3.63, 3.8) is 0 Å². The number of benzene rings is 1. The summed E-state index contributed by atoms with van der Waals surface area (Å²) in [5.74, 6) is 0.00400.